The van der Waals surface area contributed by atoms with Crippen molar-refractivity contribution in [3.63, 3.8) is 0 Å². The number of aromatic nitrogens is 1. The Morgan fingerprint density at radius 3 is 2.58 bits per heavy atom. The highest BCUT2D eigenvalue weighted by Gasteiger charge is 2.57. The lowest BCUT2D eigenvalue weighted by Gasteiger charge is -2.30. The van der Waals surface area contributed by atoms with Crippen LogP contribution in [0.4, 0.5) is 19.7 Å². The first-order valence-electron chi connectivity index (χ1n) is 10.5. The number of hydrogen-bond donors (Lipinski definition) is 2. The van der Waals surface area contributed by atoms with Gasteiger partial charge in [-0.3, -0.25) is 10.1 Å². The summed E-state index contributed by atoms with van der Waals surface area (Å²) in [5.41, 5.74) is -1.31. The number of nitrogens with one attached hydrogen (secondary N) is 2. The first kappa shape index (κ1) is 22.3. The number of imide groups is 1. The Hall–Kier alpha value is -3.88. The second kappa shape index (κ2) is 7.91. The summed E-state index contributed by atoms with van der Waals surface area (Å²) in [5.74, 6) is -1.28. The number of alkyl carbamates (subject to hydrolysis) is 1. The molecule has 1 aromatic heterocycles. The fourth-order valence-corrected chi connectivity index (χ4v) is 4.04. The maximum absolute atomic E-state index is 14.2. The van der Waals surface area contributed by atoms with Gasteiger partial charge >= 0.3 is 12.2 Å². The molecule has 0 radical (unpaired) electrons. The molecule has 3 aromatic rings. The SMILES string of the molecule is CCOC(=O)N[C@@]1(c2c[nH]c3ccc(F)cc23)C(=O)N(C(=O)OC(C)(C)C)c2ccccc21. The Morgan fingerprint density at radius 1 is 1.15 bits per heavy atom. The number of para-hydroxylation sites is 1. The minimum absolute atomic E-state index is 0.0655. The molecule has 0 unspecified atom stereocenters. The first-order chi connectivity index (χ1) is 15.6. The van der Waals surface area contributed by atoms with E-state index in [4.69, 9.17) is 9.47 Å². The summed E-state index contributed by atoms with van der Waals surface area (Å²) in [5, 5.41) is 3.03. The zero-order valence-electron chi connectivity index (χ0n) is 18.7. The van der Waals surface area contributed by atoms with Crippen molar-refractivity contribution in [3.05, 3.63) is 65.6 Å². The van der Waals surface area contributed by atoms with Crippen LogP contribution in [-0.2, 0) is 19.8 Å². The van der Waals surface area contributed by atoms with Crippen LogP contribution in [0.3, 0.4) is 0 Å². The van der Waals surface area contributed by atoms with E-state index in [1.807, 2.05) is 0 Å². The molecule has 0 spiro atoms. The highest BCUT2D eigenvalue weighted by Crippen LogP contribution is 2.47. The standard InChI is InChI=1S/C24H24FN3O5/c1-5-32-21(30)27-24(17-13-26-18-11-10-14(25)12-15(17)18)16-8-6-7-9-19(16)28(20(24)29)22(31)33-23(2,3)4/h6-13,26H,5H2,1-4H3,(H,27,30)/t24-/m0/s1. The van der Waals surface area contributed by atoms with Gasteiger partial charge in [0.25, 0.3) is 5.91 Å². The third kappa shape index (κ3) is 3.69. The molecule has 0 saturated heterocycles. The van der Waals surface area contributed by atoms with Gasteiger partial charge in [-0.25, -0.2) is 18.9 Å². The van der Waals surface area contributed by atoms with E-state index in [1.165, 1.54) is 24.4 Å². The van der Waals surface area contributed by atoms with E-state index in [9.17, 15) is 18.8 Å². The van der Waals surface area contributed by atoms with E-state index in [2.05, 4.69) is 10.3 Å². The number of carbonyl (C=O) groups is 3. The first-order valence-corrected chi connectivity index (χ1v) is 10.5. The van der Waals surface area contributed by atoms with Crippen LogP contribution in [0.15, 0.2) is 48.7 Å². The van der Waals surface area contributed by atoms with Crippen molar-refractivity contribution in [3.8, 4) is 0 Å². The smallest absolute Gasteiger partial charge is 0.421 e. The number of carbonyl (C=O) groups excluding carboxylic acids is 3. The highest BCUT2D eigenvalue weighted by molar-refractivity contribution is 6.23. The molecular weight excluding hydrogens is 429 g/mol. The quantitative estimate of drug-likeness (QED) is 0.605. The molecule has 172 valence electrons. The predicted octanol–water partition coefficient (Wildman–Crippen LogP) is 4.58. The van der Waals surface area contributed by atoms with Gasteiger partial charge in [0.1, 0.15) is 11.4 Å². The fourth-order valence-electron chi connectivity index (χ4n) is 4.04. The van der Waals surface area contributed by atoms with E-state index in [0.717, 1.165) is 4.90 Å². The average Bonchev–Trinajstić information content (AvgIpc) is 3.24. The lowest BCUT2D eigenvalue weighted by Crippen LogP contribution is -2.55. The van der Waals surface area contributed by atoms with Crippen LogP contribution in [0, 0.1) is 5.82 Å². The van der Waals surface area contributed by atoms with Gasteiger partial charge in [0.15, 0.2) is 5.54 Å². The molecule has 2 aromatic carbocycles. The molecule has 0 aliphatic carbocycles. The topological polar surface area (TPSA) is 101 Å². The molecule has 1 aliphatic heterocycles. The number of rotatable bonds is 3. The van der Waals surface area contributed by atoms with Crippen LogP contribution in [-0.4, -0.2) is 35.3 Å². The van der Waals surface area contributed by atoms with E-state index in [-0.39, 0.29) is 17.9 Å². The van der Waals surface area contributed by atoms with Crippen LogP contribution < -0.4 is 10.2 Å². The molecule has 9 heteroatoms. The second-order valence-electron chi connectivity index (χ2n) is 8.63. The molecule has 4 rings (SSSR count). The number of ether oxygens (including phenoxy) is 2. The van der Waals surface area contributed by atoms with Crippen molar-refractivity contribution in [2.75, 3.05) is 11.5 Å². The molecule has 8 nitrogen and oxygen atoms in total. The van der Waals surface area contributed by atoms with Gasteiger partial charge in [-0.15, -0.1) is 0 Å². The minimum atomic E-state index is -1.86. The van der Waals surface area contributed by atoms with Crippen molar-refractivity contribution in [1.82, 2.24) is 10.3 Å². The van der Waals surface area contributed by atoms with Crippen LogP contribution in [0.25, 0.3) is 10.9 Å². The van der Waals surface area contributed by atoms with Crippen LogP contribution in [0.5, 0.6) is 0 Å². The Balaban J connectivity index is 1.98. The lowest BCUT2D eigenvalue weighted by atomic mass is 9.83. The van der Waals surface area contributed by atoms with Gasteiger partial charge < -0.3 is 14.5 Å². The predicted molar refractivity (Wildman–Crippen MR) is 119 cm³/mol. The zero-order chi connectivity index (χ0) is 24.0. The van der Waals surface area contributed by atoms with E-state index >= 15 is 0 Å². The summed E-state index contributed by atoms with van der Waals surface area (Å²) in [7, 11) is 0. The molecule has 1 atom stereocenters. The number of fused-ring (bicyclic) bond motifs is 2. The van der Waals surface area contributed by atoms with Crippen LogP contribution in [0.1, 0.15) is 38.8 Å². The highest BCUT2D eigenvalue weighted by atomic mass is 19.1. The summed E-state index contributed by atoms with van der Waals surface area (Å²) in [6.45, 7) is 6.75. The second-order valence-corrected chi connectivity index (χ2v) is 8.63. The molecule has 2 heterocycles. The monoisotopic (exact) mass is 453 g/mol. The normalized spacial score (nSPS) is 17.7. The third-order valence-corrected chi connectivity index (χ3v) is 5.26. The molecule has 3 amide bonds. The summed E-state index contributed by atoms with van der Waals surface area (Å²) < 4.78 is 24.7. The molecule has 33 heavy (non-hydrogen) atoms. The number of benzene rings is 2. The van der Waals surface area contributed by atoms with Gasteiger partial charge in [0, 0.05) is 28.2 Å². The van der Waals surface area contributed by atoms with Crippen molar-refractivity contribution in [2.24, 2.45) is 0 Å². The lowest BCUT2D eigenvalue weighted by molar-refractivity contribution is -0.122. The Morgan fingerprint density at radius 2 is 1.88 bits per heavy atom. The summed E-state index contributed by atoms with van der Waals surface area (Å²) >= 11 is 0. The number of anilines is 1. The van der Waals surface area contributed by atoms with Crippen molar-refractivity contribution in [1.29, 1.82) is 0 Å². The molecule has 0 saturated carbocycles. The maximum Gasteiger partial charge on any atom is 0.421 e. The summed E-state index contributed by atoms with van der Waals surface area (Å²) in [4.78, 5) is 43.7. The van der Waals surface area contributed by atoms with Gasteiger partial charge in [-0.05, 0) is 52.0 Å². The van der Waals surface area contributed by atoms with E-state index < -0.39 is 35.1 Å². The van der Waals surface area contributed by atoms with Crippen LogP contribution >= 0.6 is 0 Å². The third-order valence-electron chi connectivity index (χ3n) is 5.26. The van der Waals surface area contributed by atoms with Gasteiger partial charge in [0.2, 0.25) is 0 Å². The molecular formula is C24H24FN3O5. The van der Waals surface area contributed by atoms with E-state index in [0.29, 0.717) is 16.5 Å². The van der Waals surface area contributed by atoms with E-state index in [1.54, 1.807) is 52.0 Å². The van der Waals surface area contributed by atoms with Crippen molar-refractivity contribution in [2.45, 2.75) is 38.8 Å². The summed E-state index contributed by atoms with van der Waals surface area (Å²) in [6, 6.07) is 10.6. The van der Waals surface area contributed by atoms with Gasteiger partial charge in [0.05, 0.1) is 12.3 Å². The number of halogens is 1. The number of hydrogen-bond acceptors (Lipinski definition) is 5. The van der Waals surface area contributed by atoms with Gasteiger partial charge in [-0.1, -0.05) is 18.2 Å². The zero-order valence-corrected chi connectivity index (χ0v) is 18.7. The molecule has 0 fully saturated rings. The Labute approximate surface area is 189 Å². The number of aromatic amines is 1. The average molecular weight is 453 g/mol. The van der Waals surface area contributed by atoms with Crippen LogP contribution in [0.2, 0.25) is 0 Å². The molecule has 0 bridgehead atoms. The fraction of sp³-hybridized carbons (Fsp3) is 0.292. The Kier molecular flexibility index (Phi) is 5.35. The number of nitrogens with zero attached hydrogens (tertiary/aromatic N) is 1. The number of H-pyrrole nitrogens is 1. The van der Waals surface area contributed by atoms with Crippen molar-refractivity contribution < 1.29 is 28.2 Å². The maximum atomic E-state index is 14.2. The largest absolute Gasteiger partial charge is 0.450 e. The number of amides is 3. The molecule has 1 aliphatic rings. The van der Waals surface area contributed by atoms with Crippen molar-refractivity contribution >= 4 is 34.7 Å². The molecule has 2 N–H and O–H groups in total. The Bertz CT molecular complexity index is 1260. The summed E-state index contributed by atoms with van der Waals surface area (Å²) in [6.07, 6.45) is -0.236. The minimum Gasteiger partial charge on any atom is -0.450 e. The van der Waals surface area contributed by atoms with Gasteiger partial charge in [-0.2, -0.15) is 0 Å².